The Morgan fingerprint density at radius 1 is 1.35 bits per heavy atom. The third-order valence-corrected chi connectivity index (χ3v) is 5.71. The summed E-state index contributed by atoms with van der Waals surface area (Å²) in [7, 11) is 1.59. The highest BCUT2D eigenvalue weighted by Gasteiger charge is 2.34. The molecule has 0 saturated carbocycles. The first kappa shape index (κ1) is 19.0. The zero-order chi connectivity index (χ0) is 18.7. The van der Waals surface area contributed by atoms with Crippen LogP contribution in [0.5, 0.6) is 5.88 Å². The van der Waals surface area contributed by atoms with Crippen LogP contribution in [-0.4, -0.2) is 41.5 Å². The molecule has 7 heteroatoms. The zero-order valence-electron chi connectivity index (χ0n) is 14.9. The molecule has 1 aliphatic rings. The van der Waals surface area contributed by atoms with Crippen molar-refractivity contribution in [1.82, 2.24) is 9.88 Å². The van der Waals surface area contributed by atoms with Gasteiger partial charge in [-0.2, -0.15) is 0 Å². The fourth-order valence-electron chi connectivity index (χ4n) is 3.25. The quantitative estimate of drug-likeness (QED) is 0.545. The molecular formula is C19H21ClFN3OS. The molecule has 138 valence electrons. The molecular weight excluding hydrogens is 373 g/mol. The molecule has 2 atom stereocenters. The molecule has 1 fully saturated rings. The van der Waals surface area contributed by atoms with Crippen LogP contribution in [0.3, 0.4) is 0 Å². The molecule has 1 saturated heterocycles. The number of likely N-dealkylation sites (tertiary alicyclic amines) is 1. The topological polar surface area (TPSA) is 37.7 Å². The first-order valence-electron chi connectivity index (χ1n) is 8.35. The third kappa shape index (κ3) is 3.96. The summed E-state index contributed by atoms with van der Waals surface area (Å²) < 4.78 is 18.9. The van der Waals surface area contributed by atoms with Gasteiger partial charge < -0.3 is 9.64 Å². The largest absolute Gasteiger partial charge is 0.481 e. The van der Waals surface area contributed by atoms with E-state index >= 15 is 0 Å². The van der Waals surface area contributed by atoms with E-state index in [4.69, 9.17) is 21.3 Å². The summed E-state index contributed by atoms with van der Waals surface area (Å²) in [5.41, 5.74) is 1.64. The predicted molar refractivity (Wildman–Crippen MR) is 106 cm³/mol. The van der Waals surface area contributed by atoms with Crippen LogP contribution in [0.15, 0.2) is 41.5 Å². The highest BCUT2D eigenvalue weighted by Crippen LogP contribution is 2.38. The summed E-state index contributed by atoms with van der Waals surface area (Å²) in [6.45, 7) is 3.77. The van der Waals surface area contributed by atoms with Crippen molar-refractivity contribution in [3.05, 3.63) is 52.9 Å². The maximum atomic E-state index is 13.8. The molecule has 0 N–H and O–H groups in total. The van der Waals surface area contributed by atoms with Crippen LogP contribution in [0.25, 0.3) is 0 Å². The van der Waals surface area contributed by atoms with Crippen LogP contribution < -0.4 is 4.74 Å². The van der Waals surface area contributed by atoms with Gasteiger partial charge in [-0.15, -0.1) is 0 Å². The summed E-state index contributed by atoms with van der Waals surface area (Å²) in [4.78, 5) is 11.1. The van der Waals surface area contributed by atoms with Crippen LogP contribution >= 0.6 is 23.4 Å². The predicted octanol–water partition coefficient (Wildman–Crippen LogP) is 4.97. The number of hydrogen-bond acceptors (Lipinski definition) is 4. The molecule has 0 amide bonds. The van der Waals surface area contributed by atoms with Crippen LogP contribution in [0, 0.1) is 11.7 Å². The van der Waals surface area contributed by atoms with Crippen molar-refractivity contribution in [2.75, 3.05) is 26.5 Å². The van der Waals surface area contributed by atoms with Crippen molar-refractivity contribution in [2.45, 2.75) is 12.8 Å². The molecule has 0 bridgehead atoms. The van der Waals surface area contributed by atoms with Crippen molar-refractivity contribution >= 4 is 34.2 Å². The average Bonchev–Trinajstić information content (AvgIpc) is 3.03. The minimum absolute atomic E-state index is 0.171. The monoisotopic (exact) mass is 393 g/mol. The van der Waals surface area contributed by atoms with Gasteiger partial charge in [0.05, 0.1) is 24.0 Å². The van der Waals surface area contributed by atoms with Crippen molar-refractivity contribution in [2.24, 2.45) is 10.9 Å². The van der Waals surface area contributed by atoms with Crippen LogP contribution in [-0.2, 0) is 0 Å². The van der Waals surface area contributed by atoms with Gasteiger partial charge in [-0.05, 0) is 29.9 Å². The zero-order valence-corrected chi connectivity index (χ0v) is 16.5. The second-order valence-electron chi connectivity index (χ2n) is 6.29. The first-order valence-corrected chi connectivity index (χ1v) is 9.95. The molecule has 3 rings (SSSR count). The summed E-state index contributed by atoms with van der Waals surface area (Å²) in [5.74, 6) is 0.716. The van der Waals surface area contributed by atoms with E-state index in [1.807, 2.05) is 18.4 Å². The molecule has 1 unspecified atom stereocenters. The molecule has 1 aliphatic heterocycles. The SMILES string of the molecule is COc1ccc(N=C(SC)N2CC(c3cccc(F)c3Cl)[C@@H](C)C2)cn1. The fourth-order valence-corrected chi connectivity index (χ4v) is 4.12. The van der Waals surface area contributed by atoms with Gasteiger partial charge in [0.2, 0.25) is 5.88 Å². The number of rotatable bonds is 3. The molecule has 0 spiro atoms. The standard InChI is InChI=1S/C19H21ClFN3OS/c1-12-10-24(11-15(12)14-5-4-6-16(21)18(14)20)19(26-3)23-13-7-8-17(25-2)22-9-13/h4-9,12,15H,10-11H2,1-3H3/t12-,15?/m0/s1. The van der Waals surface area contributed by atoms with Gasteiger partial charge >= 0.3 is 0 Å². The van der Waals surface area contributed by atoms with Gasteiger partial charge in [0.15, 0.2) is 5.17 Å². The van der Waals surface area contributed by atoms with Gasteiger partial charge in [0.1, 0.15) is 5.82 Å². The molecule has 4 nitrogen and oxygen atoms in total. The second-order valence-corrected chi connectivity index (χ2v) is 7.44. The van der Waals surface area contributed by atoms with Crippen LogP contribution in [0.1, 0.15) is 18.4 Å². The number of thioether (sulfide) groups is 1. The Labute approximate surface area is 162 Å². The third-order valence-electron chi connectivity index (χ3n) is 4.60. The average molecular weight is 394 g/mol. The van der Waals surface area contributed by atoms with E-state index in [1.165, 1.54) is 6.07 Å². The summed E-state index contributed by atoms with van der Waals surface area (Å²) in [6, 6.07) is 8.70. The number of hydrogen-bond donors (Lipinski definition) is 0. The number of pyridine rings is 1. The van der Waals surface area contributed by atoms with Gasteiger partial charge in [-0.1, -0.05) is 42.4 Å². The van der Waals surface area contributed by atoms with Gasteiger partial charge in [0.25, 0.3) is 0 Å². The van der Waals surface area contributed by atoms with E-state index in [0.717, 1.165) is 29.5 Å². The van der Waals surface area contributed by atoms with E-state index in [0.29, 0.717) is 11.8 Å². The normalized spacial score (nSPS) is 20.5. The van der Waals surface area contributed by atoms with Crippen LogP contribution in [0.2, 0.25) is 5.02 Å². The Hall–Kier alpha value is -1.79. The molecule has 2 heterocycles. The maximum Gasteiger partial charge on any atom is 0.213 e. The summed E-state index contributed by atoms with van der Waals surface area (Å²) in [5, 5.41) is 1.15. The number of aromatic nitrogens is 1. The number of nitrogens with zero attached hydrogens (tertiary/aromatic N) is 3. The molecule has 2 aromatic rings. The molecule has 0 aliphatic carbocycles. The Balaban J connectivity index is 1.82. The van der Waals surface area contributed by atoms with Gasteiger partial charge in [-0.25, -0.2) is 14.4 Å². The highest BCUT2D eigenvalue weighted by molar-refractivity contribution is 8.13. The Bertz CT molecular complexity index is 800. The Kier molecular flexibility index (Phi) is 6.04. The van der Waals surface area contributed by atoms with E-state index in [1.54, 1.807) is 37.2 Å². The number of halogens is 2. The van der Waals surface area contributed by atoms with Crippen molar-refractivity contribution < 1.29 is 9.13 Å². The second kappa shape index (κ2) is 8.27. The summed E-state index contributed by atoms with van der Waals surface area (Å²) in [6.07, 6.45) is 3.69. The number of ether oxygens (including phenoxy) is 1. The lowest BCUT2D eigenvalue weighted by molar-refractivity contribution is 0.398. The van der Waals surface area contributed by atoms with E-state index in [2.05, 4.69) is 16.8 Å². The lowest BCUT2D eigenvalue weighted by Gasteiger charge is -2.19. The van der Waals surface area contributed by atoms with Gasteiger partial charge in [-0.3, -0.25) is 0 Å². The Morgan fingerprint density at radius 3 is 2.81 bits per heavy atom. The van der Waals surface area contributed by atoms with E-state index in [9.17, 15) is 4.39 Å². The Morgan fingerprint density at radius 2 is 2.15 bits per heavy atom. The minimum atomic E-state index is -0.363. The smallest absolute Gasteiger partial charge is 0.213 e. The fraction of sp³-hybridized carbons (Fsp3) is 0.368. The van der Waals surface area contributed by atoms with E-state index in [-0.39, 0.29) is 16.8 Å². The number of benzene rings is 1. The van der Waals surface area contributed by atoms with Crippen LogP contribution in [0.4, 0.5) is 10.1 Å². The first-order chi connectivity index (χ1) is 12.5. The van der Waals surface area contributed by atoms with Crippen molar-refractivity contribution in [3.63, 3.8) is 0 Å². The van der Waals surface area contributed by atoms with Crippen molar-refractivity contribution in [3.8, 4) is 5.88 Å². The number of amidine groups is 1. The van der Waals surface area contributed by atoms with Crippen molar-refractivity contribution in [1.29, 1.82) is 0 Å². The molecule has 1 aromatic carbocycles. The lowest BCUT2D eigenvalue weighted by Crippen LogP contribution is -2.26. The molecule has 0 radical (unpaired) electrons. The van der Waals surface area contributed by atoms with Gasteiger partial charge in [0, 0.05) is 25.1 Å². The maximum absolute atomic E-state index is 13.8. The van der Waals surface area contributed by atoms with E-state index < -0.39 is 0 Å². The number of aliphatic imine (C=N–C) groups is 1. The molecule has 1 aromatic heterocycles. The summed E-state index contributed by atoms with van der Waals surface area (Å²) >= 11 is 7.80. The number of methoxy groups -OCH3 is 1. The lowest BCUT2D eigenvalue weighted by atomic mass is 9.90. The molecule has 26 heavy (non-hydrogen) atoms. The highest BCUT2D eigenvalue weighted by atomic mass is 35.5. The minimum Gasteiger partial charge on any atom is -0.481 e.